The van der Waals surface area contributed by atoms with Crippen molar-refractivity contribution in [2.24, 2.45) is 0 Å². The van der Waals surface area contributed by atoms with Gasteiger partial charge in [-0.1, -0.05) is 0 Å². The Morgan fingerprint density at radius 3 is 2.38 bits per heavy atom. The van der Waals surface area contributed by atoms with E-state index >= 15 is 0 Å². The number of hydrazine groups is 5. The van der Waals surface area contributed by atoms with Gasteiger partial charge in [-0.2, -0.15) is 22.1 Å². The molecule has 0 amide bonds. The highest BCUT2D eigenvalue weighted by molar-refractivity contribution is 5.81. The maximum atomic E-state index is 11.1. The fraction of sp³-hybridized carbons (Fsp3) is 0.857. The number of hydrogen-bond donors (Lipinski definition) is 8. The van der Waals surface area contributed by atoms with Crippen LogP contribution < -0.4 is 38.3 Å². The lowest BCUT2D eigenvalue weighted by Gasteiger charge is -2.19. The van der Waals surface area contributed by atoms with Gasteiger partial charge in [-0.05, 0) is 20.9 Å². The molecule has 0 aliphatic heterocycles. The molecule has 0 heterocycles. The maximum absolute atomic E-state index is 11.1. The minimum absolute atomic E-state index is 0.111. The van der Waals surface area contributed by atoms with E-state index in [4.69, 9.17) is 0 Å². The van der Waals surface area contributed by atoms with Gasteiger partial charge in [-0.25, -0.2) is 10.9 Å². The molecule has 0 aliphatic carbocycles. The molecule has 1 unspecified atom stereocenters. The van der Waals surface area contributed by atoms with E-state index in [0.717, 1.165) is 0 Å². The number of aliphatic hydroxyl groups is 1. The van der Waals surface area contributed by atoms with Gasteiger partial charge in [-0.3, -0.25) is 10.1 Å². The van der Waals surface area contributed by atoms with E-state index < -0.39 is 12.1 Å². The third-order valence-electron chi connectivity index (χ3n) is 1.73. The monoisotopic (exact) mass is 235 g/mol. The first-order valence-electron chi connectivity index (χ1n) is 4.91. The summed E-state index contributed by atoms with van der Waals surface area (Å²) in [6, 6.07) is -0.572. The highest BCUT2D eigenvalue weighted by atomic mass is 16.3. The highest BCUT2D eigenvalue weighted by Gasteiger charge is 2.18. The fourth-order valence-corrected chi connectivity index (χ4v) is 1.03. The standard InChI is InChI=1S/C7H21N7O2/c1-5(15)7(6(2)16)9-4-10-12-14-13-11-8-3/h5,7-15H,4H2,1-3H3/t5?,7-/m0/s1. The van der Waals surface area contributed by atoms with Crippen molar-refractivity contribution in [2.45, 2.75) is 26.0 Å². The van der Waals surface area contributed by atoms with E-state index in [-0.39, 0.29) is 5.78 Å². The molecule has 0 aliphatic rings. The highest BCUT2D eigenvalue weighted by Crippen LogP contribution is 1.92. The zero-order valence-corrected chi connectivity index (χ0v) is 9.72. The normalized spacial score (nSPS) is 14.8. The van der Waals surface area contributed by atoms with Gasteiger partial charge in [0.15, 0.2) is 0 Å². The second kappa shape index (κ2) is 9.57. The van der Waals surface area contributed by atoms with E-state index in [9.17, 15) is 9.90 Å². The molecule has 0 rings (SSSR count). The summed E-state index contributed by atoms with van der Waals surface area (Å²) in [5, 5.41) is 12.1. The lowest BCUT2D eigenvalue weighted by atomic mass is 10.1. The SMILES string of the molecule is CNNNNNNCN[C@H](C(C)=O)C(C)O. The summed E-state index contributed by atoms with van der Waals surface area (Å²) in [6.07, 6.45) is -0.726. The summed E-state index contributed by atoms with van der Waals surface area (Å²) in [5.41, 5.74) is 15.6. The van der Waals surface area contributed by atoms with Crippen LogP contribution in [0.25, 0.3) is 0 Å². The molecular weight excluding hydrogens is 214 g/mol. The molecule has 0 aromatic rings. The summed E-state index contributed by atoms with van der Waals surface area (Å²) in [6.45, 7) is 3.29. The Balaban J connectivity index is 3.45. The fourth-order valence-electron chi connectivity index (χ4n) is 1.03. The molecule has 0 spiro atoms. The largest absolute Gasteiger partial charge is 0.391 e. The zero-order valence-electron chi connectivity index (χ0n) is 9.72. The van der Waals surface area contributed by atoms with Crippen LogP contribution in [0.3, 0.4) is 0 Å². The Hall–Kier alpha value is -0.650. The Labute approximate surface area is 94.6 Å². The van der Waals surface area contributed by atoms with Gasteiger partial charge in [0, 0.05) is 0 Å². The topological polar surface area (TPSA) is 122 Å². The van der Waals surface area contributed by atoms with E-state index in [2.05, 4.69) is 38.3 Å². The van der Waals surface area contributed by atoms with E-state index in [1.165, 1.54) is 6.92 Å². The molecule has 0 aromatic carbocycles. The smallest absolute Gasteiger partial charge is 0.149 e. The van der Waals surface area contributed by atoms with Crippen molar-refractivity contribution in [3.63, 3.8) is 0 Å². The van der Waals surface area contributed by atoms with Crippen LogP contribution in [-0.2, 0) is 4.79 Å². The van der Waals surface area contributed by atoms with Crippen LogP contribution in [-0.4, -0.2) is 36.8 Å². The van der Waals surface area contributed by atoms with Crippen molar-refractivity contribution in [1.82, 2.24) is 38.3 Å². The van der Waals surface area contributed by atoms with Crippen molar-refractivity contribution in [3.8, 4) is 0 Å². The van der Waals surface area contributed by atoms with E-state index in [1.807, 2.05) is 0 Å². The number of Topliss-reactive ketones (excluding diaryl/α,β-unsaturated/α-hetero) is 1. The summed E-state index contributed by atoms with van der Waals surface area (Å²) in [7, 11) is 1.70. The summed E-state index contributed by atoms with van der Waals surface area (Å²) in [4.78, 5) is 11.1. The molecule has 2 atom stereocenters. The molecular formula is C7H21N7O2. The average molecular weight is 235 g/mol. The second-order valence-electron chi connectivity index (χ2n) is 3.14. The number of hydrogen-bond acceptors (Lipinski definition) is 9. The molecule has 8 N–H and O–H groups in total. The molecule has 0 bridgehead atoms. The van der Waals surface area contributed by atoms with Gasteiger partial charge in [-0.15, -0.1) is 0 Å². The number of nitrogens with one attached hydrogen (secondary N) is 7. The van der Waals surface area contributed by atoms with Gasteiger partial charge in [0.25, 0.3) is 0 Å². The Bertz CT molecular complexity index is 190. The molecule has 0 radical (unpaired) electrons. The number of ketones is 1. The number of rotatable bonds is 10. The summed E-state index contributed by atoms with van der Waals surface area (Å²) < 4.78 is 0. The van der Waals surface area contributed by atoms with Gasteiger partial charge in [0.2, 0.25) is 0 Å². The second-order valence-corrected chi connectivity index (χ2v) is 3.14. The lowest BCUT2D eigenvalue weighted by molar-refractivity contribution is -0.121. The van der Waals surface area contributed by atoms with Crippen LogP contribution in [0.15, 0.2) is 0 Å². The quantitative estimate of drug-likeness (QED) is 0.111. The lowest BCUT2D eigenvalue weighted by Crippen LogP contribution is -2.60. The van der Waals surface area contributed by atoms with Gasteiger partial charge < -0.3 is 5.11 Å². The molecule has 9 heteroatoms. The Morgan fingerprint density at radius 2 is 1.88 bits per heavy atom. The average Bonchev–Trinajstić information content (AvgIpc) is 2.21. The van der Waals surface area contributed by atoms with Crippen molar-refractivity contribution in [2.75, 3.05) is 13.7 Å². The predicted molar refractivity (Wildman–Crippen MR) is 58.9 cm³/mol. The first-order valence-corrected chi connectivity index (χ1v) is 4.91. The van der Waals surface area contributed by atoms with Crippen LogP contribution in [0, 0.1) is 0 Å². The molecule has 0 saturated heterocycles. The van der Waals surface area contributed by atoms with Gasteiger partial charge >= 0.3 is 0 Å². The van der Waals surface area contributed by atoms with Crippen LogP contribution in [0.2, 0.25) is 0 Å². The predicted octanol–water partition coefficient (Wildman–Crippen LogP) is -3.39. The van der Waals surface area contributed by atoms with E-state index in [1.54, 1.807) is 14.0 Å². The van der Waals surface area contributed by atoms with Crippen molar-refractivity contribution in [3.05, 3.63) is 0 Å². The maximum Gasteiger partial charge on any atom is 0.149 e. The van der Waals surface area contributed by atoms with Crippen LogP contribution in [0.1, 0.15) is 13.8 Å². The van der Waals surface area contributed by atoms with Crippen LogP contribution >= 0.6 is 0 Å². The van der Waals surface area contributed by atoms with Crippen LogP contribution in [0.5, 0.6) is 0 Å². The zero-order chi connectivity index (χ0) is 12.4. The number of carbonyl (C=O) groups is 1. The molecule has 96 valence electrons. The third kappa shape index (κ3) is 7.62. The number of carbonyl (C=O) groups excluding carboxylic acids is 1. The first-order chi connectivity index (χ1) is 7.59. The molecule has 0 aromatic heterocycles. The van der Waals surface area contributed by atoms with Crippen LogP contribution in [0.4, 0.5) is 0 Å². The van der Waals surface area contributed by atoms with Gasteiger partial charge in [0.1, 0.15) is 5.78 Å². The molecule has 16 heavy (non-hydrogen) atoms. The van der Waals surface area contributed by atoms with E-state index in [0.29, 0.717) is 6.67 Å². The minimum atomic E-state index is -0.726. The molecule has 0 fully saturated rings. The Morgan fingerprint density at radius 1 is 1.25 bits per heavy atom. The summed E-state index contributed by atoms with van der Waals surface area (Å²) in [5.74, 6) is -0.111. The molecule has 0 saturated carbocycles. The Kier molecular flexibility index (Phi) is 9.18. The molecule has 9 nitrogen and oxygen atoms in total. The first kappa shape index (κ1) is 15.3. The van der Waals surface area contributed by atoms with Gasteiger partial charge in [0.05, 0.1) is 18.8 Å². The minimum Gasteiger partial charge on any atom is -0.391 e. The number of aliphatic hydroxyl groups excluding tert-OH is 1. The summed E-state index contributed by atoms with van der Waals surface area (Å²) >= 11 is 0. The van der Waals surface area contributed by atoms with Crippen molar-refractivity contribution in [1.29, 1.82) is 0 Å². The third-order valence-corrected chi connectivity index (χ3v) is 1.73. The van der Waals surface area contributed by atoms with Crippen molar-refractivity contribution >= 4 is 5.78 Å². The van der Waals surface area contributed by atoms with Crippen molar-refractivity contribution < 1.29 is 9.90 Å².